The molecule has 0 radical (unpaired) electrons. The molecule has 4 heteroatoms. The smallest absolute Gasteiger partial charge is 0.145 e. The van der Waals surface area contributed by atoms with Crippen molar-refractivity contribution >= 4 is 5.69 Å². The van der Waals surface area contributed by atoms with Crippen LogP contribution in [-0.4, -0.2) is 5.11 Å². The van der Waals surface area contributed by atoms with Crippen molar-refractivity contribution < 1.29 is 5.11 Å². The molecule has 0 spiro atoms. The number of hydrogen-bond acceptors (Lipinski definition) is 4. The van der Waals surface area contributed by atoms with Crippen LogP contribution in [0.2, 0.25) is 0 Å². The molecule has 0 aliphatic rings. The molecule has 0 fully saturated rings. The maximum atomic E-state index is 9.70. The summed E-state index contributed by atoms with van der Waals surface area (Å²) in [5.41, 5.74) is 1.44. The van der Waals surface area contributed by atoms with Gasteiger partial charge in [0.05, 0.1) is 5.69 Å². The first-order valence-corrected chi connectivity index (χ1v) is 5.49. The van der Waals surface area contributed by atoms with E-state index in [1.165, 1.54) is 6.20 Å². The molecule has 0 heterocycles. The number of nitrogens with one attached hydrogen (secondary N) is 1. The van der Waals surface area contributed by atoms with Crippen LogP contribution >= 0.6 is 0 Å². The summed E-state index contributed by atoms with van der Waals surface area (Å²) in [6.45, 7) is 6.19. The van der Waals surface area contributed by atoms with Gasteiger partial charge >= 0.3 is 0 Å². The number of nitriles is 2. The first-order chi connectivity index (χ1) is 8.38. The predicted molar refractivity (Wildman–Crippen MR) is 69.7 cm³/mol. The number of phenols is 1. The molecule has 0 aliphatic heterocycles. The van der Waals surface area contributed by atoms with Crippen LogP contribution in [0.1, 0.15) is 26.3 Å². The van der Waals surface area contributed by atoms with Gasteiger partial charge in [0, 0.05) is 6.20 Å². The zero-order valence-corrected chi connectivity index (χ0v) is 10.7. The third-order valence-electron chi connectivity index (χ3n) is 2.48. The maximum Gasteiger partial charge on any atom is 0.145 e. The van der Waals surface area contributed by atoms with Gasteiger partial charge < -0.3 is 10.4 Å². The number of nitrogens with zero attached hydrogens (tertiary/aromatic N) is 2. The van der Waals surface area contributed by atoms with Crippen LogP contribution < -0.4 is 5.32 Å². The molecule has 0 unspecified atom stereocenters. The molecule has 1 aromatic carbocycles. The molecule has 0 atom stereocenters. The van der Waals surface area contributed by atoms with E-state index in [1.807, 2.05) is 6.07 Å². The van der Waals surface area contributed by atoms with Crippen LogP contribution in [0.15, 0.2) is 30.0 Å². The number of rotatable bonds is 2. The number of aromatic hydroxyl groups is 1. The van der Waals surface area contributed by atoms with E-state index in [0.717, 1.165) is 5.56 Å². The molecule has 0 aliphatic carbocycles. The Labute approximate surface area is 107 Å². The van der Waals surface area contributed by atoms with Gasteiger partial charge in [0.2, 0.25) is 0 Å². The topological polar surface area (TPSA) is 79.8 Å². The molecule has 0 aromatic heterocycles. The Bertz CT molecular complexity index is 538. The second-order valence-electron chi connectivity index (χ2n) is 4.91. The summed E-state index contributed by atoms with van der Waals surface area (Å²) in [5, 5.41) is 29.7. The number of benzene rings is 1. The Kier molecular flexibility index (Phi) is 3.97. The van der Waals surface area contributed by atoms with E-state index in [-0.39, 0.29) is 16.7 Å². The van der Waals surface area contributed by atoms with Crippen LogP contribution in [0.25, 0.3) is 0 Å². The Balaban J connectivity index is 3.08. The van der Waals surface area contributed by atoms with Crippen molar-refractivity contribution in [2.75, 3.05) is 5.32 Å². The lowest BCUT2D eigenvalue weighted by molar-refractivity contribution is 0.476. The van der Waals surface area contributed by atoms with Gasteiger partial charge in [-0.05, 0) is 23.1 Å². The lowest BCUT2D eigenvalue weighted by Crippen LogP contribution is -2.11. The number of hydrogen-bond donors (Lipinski definition) is 2. The third kappa shape index (κ3) is 3.26. The third-order valence-corrected chi connectivity index (χ3v) is 2.48. The fourth-order valence-electron chi connectivity index (χ4n) is 1.36. The lowest BCUT2D eigenvalue weighted by atomic mass is 9.87. The monoisotopic (exact) mass is 241 g/mol. The number of anilines is 1. The van der Waals surface area contributed by atoms with Crippen LogP contribution in [0.5, 0.6) is 5.75 Å². The predicted octanol–water partition coefficient (Wildman–Crippen LogP) is 3.03. The summed E-state index contributed by atoms with van der Waals surface area (Å²) < 4.78 is 0. The van der Waals surface area contributed by atoms with E-state index in [1.54, 1.807) is 24.3 Å². The van der Waals surface area contributed by atoms with Gasteiger partial charge in [-0.3, -0.25) is 0 Å². The summed E-state index contributed by atoms with van der Waals surface area (Å²) in [5.74, 6) is 0.0782. The lowest BCUT2D eigenvalue weighted by Gasteiger charge is -2.20. The fraction of sp³-hybridized carbons (Fsp3) is 0.286. The van der Waals surface area contributed by atoms with E-state index in [0.29, 0.717) is 5.69 Å². The average molecular weight is 241 g/mol. The Morgan fingerprint density at radius 2 is 1.89 bits per heavy atom. The van der Waals surface area contributed by atoms with Crippen LogP contribution in [0.4, 0.5) is 5.69 Å². The van der Waals surface area contributed by atoms with Gasteiger partial charge in [-0.2, -0.15) is 10.5 Å². The van der Waals surface area contributed by atoms with Gasteiger partial charge in [0.1, 0.15) is 23.5 Å². The first-order valence-electron chi connectivity index (χ1n) is 5.49. The highest BCUT2D eigenvalue weighted by Gasteiger charge is 2.15. The van der Waals surface area contributed by atoms with Crippen molar-refractivity contribution in [3.8, 4) is 17.9 Å². The molecule has 0 saturated heterocycles. The molecular formula is C14H15N3O. The molecule has 2 N–H and O–H groups in total. The Hall–Kier alpha value is -2.46. The summed E-state index contributed by atoms with van der Waals surface area (Å²) in [7, 11) is 0. The van der Waals surface area contributed by atoms with Crippen molar-refractivity contribution in [2.24, 2.45) is 0 Å². The van der Waals surface area contributed by atoms with Crippen LogP contribution in [-0.2, 0) is 5.41 Å². The molecule has 0 amide bonds. The molecule has 4 nitrogen and oxygen atoms in total. The maximum absolute atomic E-state index is 9.70. The normalized spacial score (nSPS) is 10.1. The van der Waals surface area contributed by atoms with Crippen molar-refractivity contribution in [1.29, 1.82) is 10.5 Å². The van der Waals surface area contributed by atoms with E-state index < -0.39 is 0 Å². The highest BCUT2D eigenvalue weighted by atomic mass is 16.3. The molecular weight excluding hydrogens is 226 g/mol. The van der Waals surface area contributed by atoms with Crippen molar-refractivity contribution in [1.82, 2.24) is 0 Å². The highest BCUT2D eigenvalue weighted by Crippen LogP contribution is 2.30. The minimum Gasteiger partial charge on any atom is -0.506 e. The zero-order valence-electron chi connectivity index (χ0n) is 10.7. The second kappa shape index (κ2) is 5.25. The van der Waals surface area contributed by atoms with Crippen molar-refractivity contribution in [2.45, 2.75) is 26.2 Å². The second-order valence-corrected chi connectivity index (χ2v) is 4.91. The summed E-state index contributed by atoms with van der Waals surface area (Å²) in [4.78, 5) is 0. The highest BCUT2D eigenvalue weighted by molar-refractivity contribution is 5.60. The zero-order chi connectivity index (χ0) is 13.8. The molecule has 1 aromatic rings. The van der Waals surface area contributed by atoms with Crippen molar-refractivity contribution in [3.63, 3.8) is 0 Å². The number of allylic oxidation sites excluding steroid dienone is 1. The SMILES string of the molecule is CC(C)(C)c1ccc(O)c(NC=C(C#N)C#N)c1. The van der Waals surface area contributed by atoms with Gasteiger partial charge in [-0.15, -0.1) is 0 Å². The summed E-state index contributed by atoms with van der Waals surface area (Å²) in [6, 6.07) is 8.73. The molecule has 0 bridgehead atoms. The van der Waals surface area contributed by atoms with Crippen molar-refractivity contribution in [3.05, 3.63) is 35.5 Å². The van der Waals surface area contributed by atoms with Gasteiger partial charge in [0.15, 0.2) is 0 Å². The summed E-state index contributed by atoms with van der Waals surface area (Å²) in [6.07, 6.45) is 1.28. The van der Waals surface area contributed by atoms with Crippen LogP contribution in [0.3, 0.4) is 0 Å². The van der Waals surface area contributed by atoms with Gasteiger partial charge in [0.25, 0.3) is 0 Å². The average Bonchev–Trinajstić information content (AvgIpc) is 2.31. The number of phenolic OH excluding ortho intramolecular Hbond substituents is 1. The summed E-state index contributed by atoms with van der Waals surface area (Å²) >= 11 is 0. The van der Waals surface area contributed by atoms with Crippen LogP contribution in [0, 0.1) is 22.7 Å². The molecule has 1 rings (SSSR count). The first kappa shape index (κ1) is 13.6. The fourth-order valence-corrected chi connectivity index (χ4v) is 1.36. The van der Waals surface area contributed by atoms with E-state index in [9.17, 15) is 5.11 Å². The minimum atomic E-state index is -0.0458. The Morgan fingerprint density at radius 1 is 1.28 bits per heavy atom. The largest absolute Gasteiger partial charge is 0.506 e. The minimum absolute atomic E-state index is 0.0405. The van der Waals surface area contributed by atoms with Gasteiger partial charge in [-0.25, -0.2) is 0 Å². The standard InChI is InChI=1S/C14H15N3O/c1-14(2,3)11-4-5-13(18)12(6-11)17-9-10(7-15)8-16/h4-6,9,17-18H,1-3H3. The molecule has 0 saturated carbocycles. The Morgan fingerprint density at radius 3 is 2.39 bits per heavy atom. The van der Waals surface area contributed by atoms with E-state index in [4.69, 9.17) is 10.5 Å². The molecule has 18 heavy (non-hydrogen) atoms. The quantitative estimate of drug-likeness (QED) is 0.616. The van der Waals surface area contributed by atoms with Gasteiger partial charge in [-0.1, -0.05) is 26.8 Å². The van der Waals surface area contributed by atoms with E-state index >= 15 is 0 Å². The molecule has 92 valence electrons. The van der Waals surface area contributed by atoms with E-state index in [2.05, 4.69) is 26.1 Å².